The topological polar surface area (TPSA) is 101 Å². The highest BCUT2D eigenvalue weighted by molar-refractivity contribution is 7.90. The third-order valence-electron chi connectivity index (χ3n) is 2.75. The average molecular weight is 304 g/mol. The number of carbonyl (C=O) groups excluding carboxylic acids is 1. The van der Waals surface area contributed by atoms with E-state index in [4.69, 9.17) is 17.3 Å². The summed E-state index contributed by atoms with van der Waals surface area (Å²) < 4.78 is 25.9. The molecule has 1 aromatic rings. The molecule has 0 aliphatic heterocycles. The third-order valence-corrected chi connectivity index (χ3v) is 4.55. The van der Waals surface area contributed by atoms with Crippen LogP contribution in [0.3, 0.4) is 0 Å². The van der Waals surface area contributed by atoms with Gasteiger partial charge in [0.15, 0.2) is 0 Å². The van der Waals surface area contributed by atoms with Gasteiger partial charge in [-0.05, 0) is 37.5 Å². The summed E-state index contributed by atoms with van der Waals surface area (Å²) in [7, 11) is -4.02. The van der Waals surface area contributed by atoms with Crippen LogP contribution in [0.2, 0.25) is 5.02 Å². The lowest BCUT2D eigenvalue weighted by atomic mass is 10.2. The van der Waals surface area contributed by atoms with Gasteiger partial charge in [-0.3, -0.25) is 0 Å². The zero-order valence-electron chi connectivity index (χ0n) is 10.2. The molecule has 0 atom stereocenters. The molecule has 8 heteroatoms. The van der Waals surface area contributed by atoms with Gasteiger partial charge >= 0.3 is 6.03 Å². The fourth-order valence-electron chi connectivity index (χ4n) is 1.49. The fraction of sp³-hybridized carbons (Fsp3) is 0.364. The summed E-state index contributed by atoms with van der Waals surface area (Å²) in [6, 6.07) is 2.00. The summed E-state index contributed by atoms with van der Waals surface area (Å²) in [5.74, 6) is 0. The number of rotatable bonds is 3. The predicted molar refractivity (Wildman–Crippen MR) is 72.5 cm³/mol. The molecule has 1 fully saturated rings. The molecule has 6 nitrogen and oxygen atoms in total. The Bertz CT molecular complexity index is 626. The van der Waals surface area contributed by atoms with E-state index in [-0.39, 0.29) is 16.0 Å². The smallest absolute Gasteiger partial charge is 0.328 e. The molecule has 0 unspecified atom stereocenters. The number of anilines is 1. The number of hydrogen-bond donors (Lipinski definition) is 3. The normalized spacial score (nSPS) is 15.1. The van der Waals surface area contributed by atoms with Crippen LogP contribution in [0, 0.1) is 6.92 Å². The van der Waals surface area contributed by atoms with Crippen molar-refractivity contribution >= 4 is 33.3 Å². The van der Waals surface area contributed by atoms with Gasteiger partial charge in [-0.1, -0.05) is 11.6 Å². The highest BCUT2D eigenvalue weighted by Crippen LogP contribution is 2.26. The first kappa shape index (κ1) is 14.0. The lowest BCUT2D eigenvalue weighted by Crippen LogP contribution is -2.40. The third kappa shape index (κ3) is 3.30. The second-order valence-electron chi connectivity index (χ2n) is 4.49. The van der Waals surface area contributed by atoms with Gasteiger partial charge < -0.3 is 11.1 Å². The van der Waals surface area contributed by atoms with Gasteiger partial charge in [-0.25, -0.2) is 17.9 Å². The number of hydrogen-bond acceptors (Lipinski definition) is 4. The van der Waals surface area contributed by atoms with E-state index < -0.39 is 16.1 Å². The van der Waals surface area contributed by atoms with Gasteiger partial charge in [0, 0.05) is 11.7 Å². The number of nitrogens with two attached hydrogens (primary N) is 1. The van der Waals surface area contributed by atoms with Crippen LogP contribution in [-0.2, 0) is 10.0 Å². The van der Waals surface area contributed by atoms with Crippen LogP contribution in [0.15, 0.2) is 17.0 Å². The molecule has 2 amide bonds. The largest absolute Gasteiger partial charge is 0.398 e. The standard InChI is InChI=1S/C11H14ClN3O3S/c1-6-4-8(12)10(5-9(6)13)19(17,18)15-11(16)14-7-2-3-7/h4-5,7H,2-3,13H2,1H3,(H2,14,15,16). The van der Waals surface area contributed by atoms with E-state index in [1.807, 2.05) is 4.72 Å². The Morgan fingerprint density at radius 2 is 2.05 bits per heavy atom. The number of halogens is 1. The fourth-order valence-corrected chi connectivity index (χ4v) is 3.03. The second-order valence-corrected chi connectivity index (χ2v) is 6.55. The van der Waals surface area contributed by atoms with Gasteiger partial charge in [-0.2, -0.15) is 0 Å². The number of carbonyl (C=O) groups is 1. The Hall–Kier alpha value is -1.47. The van der Waals surface area contributed by atoms with Crippen LogP contribution in [0.5, 0.6) is 0 Å². The van der Waals surface area contributed by atoms with Crippen molar-refractivity contribution in [3.63, 3.8) is 0 Å². The Balaban J connectivity index is 2.23. The van der Waals surface area contributed by atoms with Gasteiger partial charge in [0.25, 0.3) is 10.0 Å². The minimum Gasteiger partial charge on any atom is -0.398 e. The van der Waals surface area contributed by atoms with Crippen LogP contribution in [0.25, 0.3) is 0 Å². The van der Waals surface area contributed by atoms with Gasteiger partial charge in [-0.15, -0.1) is 0 Å². The number of aryl methyl sites for hydroxylation is 1. The van der Waals surface area contributed by atoms with E-state index in [1.54, 1.807) is 6.92 Å². The lowest BCUT2D eigenvalue weighted by Gasteiger charge is -2.11. The molecule has 0 aromatic heterocycles. The highest BCUT2D eigenvalue weighted by atomic mass is 35.5. The van der Waals surface area contributed by atoms with E-state index in [9.17, 15) is 13.2 Å². The predicted octanol–water partition coefficient (Wildman–Crippen LogP) is 1.38. The summed E-state index contributed by atoms with van der Waals surface area (Å²) in [4.78, 5) is 11.3. The van der Waals surface area contributed by atoms with Crippen molar-refractivity contribution in [2.24, 2.45) is 0 Å². The average Bonchev–Trinajstić information content (AvgIpc) is 3.05. The molecule has 1 aromatic carbocycles. The number of nitrogens with one attached hydrogen (secondary N) is 2. The Morgan fingerprint density at radius 3 is 2.63 bits per heavy atom. The molecule has 1 aliphatic rings. The summed E-state index contributed by atoms with van der Waals surface area (Å²) in [6.45, 7) is 1.71. The molecular formula is C11H14ClN3O3S. The van der Waals surface area contributed by atoms with E-state index in [1.165, 1.54) is 12.1 Å². The molecule has 0 heterocycles. The zero-order chi connectivity index (χ0) is 14.2. The molecule has 19 heavy (non-hydrogen) atoms. The van der Waals surface area contributed by atoms with Crippen LogP contribution in [-0.4, -0.2) is 20.5 Å². The van der Waals surface area contributed by atoms with E-state index in [0.717, 1.165) is 12.8 Å². The number of amides is 2. The molecule has 0 spiro atoms. The molecule has 0 bridgehead atoms. The van der Waals surface area contributed by atoms with Crippen molar-refractivity contribution < 1.29 is 13.2 Å². The van der Waals surface area contributed by atoms with Crippen LogP contribution < -0.4 is 15.8 Å². The van der Waals surface area contributed by atoms with Crippen LogP contribution in [0.1, 0.15) is 18.4 Å². The van der Waals surface area contributed by atoms with Crippen molar-refractivity contribution in [3.05, 3.63) is 22.7 Å². The Morgan fingerprint density at radius 1 is 1.42 bits per heavy atom. The second kappa shape index (κ2) is 4.90. The number of urea groups is 1. The van der Waals surface area contributed by atoms with Gasteiger partial charge in [0.1, 0.15) is 4.90 Å². The number of benzene rings is 1. The van der Waals surface area contributed by atoms with Crippen molar-refractivity contribution in [1.29, 1.82) is 0 Å². The Kier molecular flexibility index (Phi) is 3.60. The molecule has 4 N–H and O–H groups in total. The van der Waals surface area contributed by atoms with Crippen LogP contribution >= 0.6 is 11.6 Å². The summed E-state index contributed by atoms with van der Waals surface area (Å²) >= 11 is 5.88. The monoisotopic (exact) mass is 303 g/mol. The maximum absolute atomic E-state index is 12.0. The molecule has 104 valence electrons. The molecule has 0 saturated heterocycles. The quantitative estimate of drug-likeness (QED) is 0.734. The minimum absolute atomic E-state index is 0.0263. The molecule has 0 radical (unpaired) electrons. The molecule has 2 rings (SSSR count). The van der Waals surface area contributed by atoms with Crippen molar-refractivity contribution in [2.75, 3.05) is 5.73 Å². The zero-order valence-corrected chi connectivity index (χ0v) is 11.8. The molecule has 1 aliphatic carbocycles. The van der Waals surface area contributed by atoms with E-state index in [0.29, 0.717) is 11.3 Å². The maximum Gasteiger partial charge on any atom is 0.328 e. The first-order valence-corrected chi connectivity index (χ1v) is 7.54. The summed E-state index contributed by atoms with van der Waals surface area (Å²) in [6.07, 6.45) is 1.73. The van der Waals surface area contributed by atoms with Crippen molar-refractivity contribution in [3.8, 4) is 0 Å². The van der Waals surface area contributed by atoms with Gasteiger partial charge in [0.05, 0.1) is 5.02 Å². The maximum atomic E-state index is 12.0. The van der Waals surface area contributed by atoms with E-state index >= 15 is 0 Å². The van der Waals surface area contributed by atoms with Crippen LogP contribution in [0.4, 0.5) is 10.5 Å². The molecule has 1 saturated carbocycles. The van der Waals surface area contributed by atoms with Crippen molar-refractivity contribution in [1.82, 2.24) is 10.0 Å². The van der Waals surface area contributed by atoms with Gasteiger partial charge in [0.2, 0.25) is 0 Å². The van der Waals surface area contributed by atoms with Crippen molar-refractivity contribution in [2.45, 2.75) is 30.7 Å². The SMILES string of the molecule is Cc1cc(Cl)c(S(=O)(=O)NC(=O)NC2CC2)cc1N. The lowest BCUT2D eigenvalue weighted by molar-refractivity contribution is 0.245. The first-order chi connectivity index (χ1) is 8.79. The molecular weight excluding hydrogens is 290 g/mol. The summed E-state index contributed by atoms with van der Waals surface area (Å²) in [5.41, 5.74) is 6.63. The summed E-state index contributed by atoms with van der Waals surface area (Å²) in [5, 5.41) is 2.55. The van der Waals surface area contributed by atoms with E-state index in [2.05, 4.69) is 5.32 Å². The number of nitrogen functional groups attached to an aromatic ring is 1. The number of sulfonamides is 1. The minimum atomic E-state index is -4.02. The first-order valence-electron chi connectivity index (χ1n) is 5.68. The Labute approximate surface area is 116 Å². The highest BCUT2D eigenvalue weighted by Gasteiger charge is 2.27.